The third kappa shape index (κ3) is 1.69. The van der Waals surface area contributed by atoms with Crippen molar-refractivity contribution < 1.29 is 18.8 Å². The van der Waals surface area contributed by atoms with E-state index in [0.29, 0.717) is 5.58 Å². The van der Waals surface area contributed by atoms with Gasteiger partial charge in [0.1, 0.15) is 16.6 Å². The molecule has 0 saturated carbocycles. The van der Waals surface area contributed by atoms with Gasteiger partial charge in [-0.2, -0.15) is 0 Å². The number of rotatable bonds is 1. The molecule has 0 aliphatic heterocycles. The predicted molar refractivity (Wildman–Crippen MR) is 58.9 cm³/mol. The number of fused-ring (bicyclic) bond motifs is 1. The molecule has 0 fully saturated rings. The summed E-state index contributed by atoms with van der Waals surface area (Å²) in [4.78, 5) is 30.0. The maximum Gasteiger partial charge on any atom is 0.363 e. The lowest BCUT2D eigenvalue weighted by Crippen LogP contribution is -2.27. The van der Waals surface area contributed by atoms with Crippen molar-refractivity contribution in [2.24, 2.45) is 0 Å². The molecule has 2 aromatic rings. The zero-order chi connectivity index (χ0) is 11.9. The van der Waals surface area contributed by atoms with E-state index in [2.05, 4.69) is 0 Å². The monoisotopic (exact) mass is 240 g/mol. The van der Waals surface area contributed by atoms with E-state index in [-0.39, 0.29) is 11.1 Å². The van der Waals surface area contributed by atoms with Gasteiger partial charge in [0.25, 0.3) is 0 Å². The lowest BCUT2D eigenvalue weighted by Gasteiger charge is -2.07. The van der Waals surface area contributed by atoms with Crippen LogP contribution in [0.3, 0.4) is 0 Å². The summed E-state index contributed by atoms with van der Waals surface area (Å²) < 4.78 is 16.4. The van der Waals surface area contributed by atoms with Gasteiger partial charge in [0.2, 0.25) is 5.43 Å². The normalized spacial score (nSPS) is 11.9. The third-order valence-electron chi connectivity index (χ3n) is 2.23. The van der Waals surface area contributed by atoms with Crippen LogP contribution in [-0.2, 0) is 4.57 Å². The fourth-order valence-electron chi connectivity index (χ4n) is 1.58. The molecule has 0 spiro atoms. The van der Waals surface area contributed by atoms with Crippen LogP contribution in [0.4, 0.5) is 0 Å². The van der Waals surface area contributed by atoms with E-state index in [9.17, 15) is 9.36 Å². The molecule has 0 bridgehead atoms. The van der Waals surface area contributed by atoms with E-state index in [1.165, 1.54) is 13.0 Å². The molecule has 0 aliphatic rings. The smallest absolute Gasteiger partial charge is 0.363 e. The molecule has 1 heterocycles. The molecule has 5 nitrogen and oxygen atoms in total. The summed E-state index contributed by atoms with van der Waals surface area (Å²) in [5.41, 5.74) is -0.352. The Morgan fingerprint density at radius 2 is 1.88 bits per heavy atom. The number of hydrogen-bond acceptors (Lipinski definition) is 3. The first-order valence-corrected chi connectivity index (χ1v) is 6.11. The first kappa shape index (κ1) is 11.1. The van der Waals surface area contributed by atoms with E-state index in [0.717, 1.165) is 0 Å². The van der Waals surface area contributed by atoms with Crippen molar-refractivity contribution in [3.8, 4) is 0 Å². The van der Waals surface area contributed by atoms with Crippen LogP contribution in [0.25, 0.3) is 11.0 Å². The SMILES string of the molecule is Cc1oc2ccccc2c(=O)c1P(=O)(O)O. The molecule has 1 aromatic heterocycles. The predicted octanol–water partition coefficient (Wildman–Crippen LogP) is 0.904. The van der Waals surface area contributed by atoms with Gasteiger partial charge in [-0.1, -0.05) is 12.1 Å². The molecule has 6 heteroatoms. The summed E-state index contributed by atoms with van der Waals surface area (Å²) in [5.74, 6) is -0.0444. The van der Waals surface area contributed by atoms with Crippen molar-refractivity contribution in [3.05, 3.63) is 40.2 Å². The van der Waals surface area contributed by atoms with E-state index in [4.69, 9.17) is 14.2 Å². The molecule has 16 heavy (non-hydrogen) atoms. The molecule has 0 radical (unpaired) electrons. The molecule has 0 atom stereocenters. The van der Waals surface area contributed by atoms with E-state index in [1.807, 2.05) is 0 Å². The van der Waals surface area contributed by atoms with Gasteiger partial charge in [-0.25, -0.2) is 0 Å². The Balaban J connectivity index is 2.98. The molecular formula is C10H9O5P. The van der Waals surface area contributed by atoms with Crippen LogP contribution < -0.4 is 10.7 Å². The second kappa shape index (κ2) is 3.56. The molecule has 84 valence electrons. The molecule has 0 unspecified atom stereocenters. The second-order valence-electron chi connectivity index (χ2n) is 3.38. The largest absolute Gasteiger partial charge is 0.460 e. The van der Waals surface area contributed by atoms with Gasteiger partial charge in [0.05, 0.1) is 5.39 Å². The highest BCUT2D eigenvalue weighted by Gasteiger charge is 2.26. The lowest BCUT2D eigenvalue weighted by molar-refractivity contribution is 0.385. The highest BCUT2D eigenvalue weighted by molar-refractivity contribution is 7.60. The Kier molecular flexibility index (Phi) is 2.46. The van der Waals surface area contributed by atoms with E-state index >= 15 is 0 Å². The van der Waals surface area contributed by atoms with Crippen molar-refractivity contribution in [1.82, 2.24) is 0 Å². The van der Waals surface area contributed by atoms with Crippen LogP contribution in [0.15, 0.2) is 33.5 Å². The zero-order valence-corrected chi connectivity index (χ0v) is 9.27. The Bertz CT molecular complexity index is 652. The summed E-state index contributed by atoms with van der Waals surface area (Å²) in [6.07, 6.45) is 0. The average molecular weight is 240 g/mol. The number of aryl methyl sites for hydroxylation is 1. The summed E-state index contributed by atoms with van der Waals surface area (Å²) in [6, 6.07) is 6.34. The standard InChI is InChI=1S/C10H9O5P/c1-6-10(16(12,13)14)9(11)7-4-2-3-5-8(7)15-6/h2-5H,1H3,(H2,12,13,14). The highest BCUT2D eigenvalue weighted by atomic mass is 31.2. The molecular weight excluding hydrogens is 231 g/mol. The Hall–Kier alpha value is -1.42. The molecule has 1 aromatic carbocycles. The summed E-state index contributed by atoms with van der Waals surface area (Å²) in [5, 5.41) is -0.391. The first-order valence-electron chi connectivity index (χ1n) is 4.50. The minimum absolute atomic E-state index is 0.0444. The van der Waals surface area contributed by atoms with E-state index in [1.54, 1.807) is 18.2 Å². The van der Waals surface area contributed by atoms with Gasteiger partial charge in [0.15, 0.2) is 0 Å². The molecule has 2 rings (SSSR count). The van der Waals surface area contributed by atoms with Gasteiger partial charge >= 0.3 is 7.60 Å². The Morgan fingerprint density at radius 3 is 2.50 bits per heavy atom. The molecule has 0 amide bonds. The van der Waals surface area contributed by atoms with E-state index < -0.39 is 18.3 Å². The van der Waals surface area contributed by atoms with Gasteiger partial charge in [-0.15, -0.1) is 0 Å². The van der Waals surface area contributed by atoms with Crippen molar-refractivity contribution >= 4 is 23.9 Å². The van der Waals surface area contributed by atoms with Gasteiger partial charge in [-0.3, -0.25) is 9.36 Å². The van der Waals surface area contributed by atoms with Crippen LogP contribution in [0, 0.1) is 6.92 Å². The second-order valence-corrected chi connectivity index (χ2v) is 4.91. The number of benzene rings is 1. The fourth-order valence-corrected chi connectivity index (χ4v) is 2.42. The van der Waals surface area contributed by atoms with Crippen LogP contribution in [0.2, 0.25) is 0 Å². The minimum atomic E-state index is -4.60. The van der Waals surface area contributed by atoms with Gasteiger partial charge in [-0.05, 0) is 19.1 Å². The first-order chi connectivity index (χ1) is 7.41. The molecule has 0 saturated heterocycles. The molecule has 2 N–H and O–H groups in total. The summed E-state index contributed by atoms with van der Waals surface area (Å²) >= 11 is 0. The third-order valence-corrected chi connectivity index (χ3v) is 3.34. The summed E-state index contributed by atoms with van der Waals surface area (Å²) in [6.45, 7) is 1.36. The number of para-hydroxylation sites is 1. The maximum absolute atomic E-state index is 11.8. The number of hydrogen-bond donors (Lipinski definition) is 2. The van der Waals surface area contributed by atoms with Crippen LogP contribution >= 0.6 is 7.60 Å². The fraction of sp³-hybridized carbons (Fsp3) is 0.100. The lowest BCUT2D eigenvalue weighted by atomic mass is 10.2. The molecule has 0 aliphatic carbocycles. The van der Waals surface area contributed by atoms with Gasteiger partial charge in [0, 0.05) is 0 Å². The summed E-state index contributed by atoms with van der Waals surface area (Å²) in [7, 11) is -4.60. The van der Waals surface area contributed by atoms with Gasteiger partial charge < -0.3 is 14.2 Å². The zero-order valence-electron chi connectivity index (χ0n) is 8.38. The minimum Gasteiger partial charge on any atom is -0.460 e. The Morgan fingerprint density at radius 1 is 1.25 bits per heavy atom. The topological polar surface area (TPSA) is 87.7 Å². The average Bonchev–Trinajstić information content (AvgIpc) is 2.15. The van der Waals surface area contributed by atoms with Crippen LogP contribution in [-0.4, -0.2) is 9.79 Å². The quantitative estimate of drug-likeness (QED) is 0.723. The Labute approximate surface area is 90.5 Å². The van der Waals surface area contributed by atoms with Crippen molar-refractivity contribution in [2.45, 2.75) is 6.92 Å². The van der Waals surface area contributed by atoms with Crippen molar-refractivity contribution in [2.75, 3.05) is 0 Å². The van der Waals surface area contributed by atoms with Crippen LogP contribution in [0.1, 0.15) is 5.76 Å². The maximum atomic E-state index is 11.8. The van der Waals surface area contributed by atoms with Crippen molar-refractivity contribution in [1.29, 1.82) is 0 Å². The highest BCUT2D eigenvalue weighted by Crippen LogP contribution is 2.33. The van der Waals surface area contributed by atoms with Crippen molar-refractivity contribution in [3.63, 3.8) is 0 Å². The van der Waals surface area contributed by atoms with Crippen LogP contribution in [0.5, 0.6) is 0 Å².